The molecule has 112 valence electrons. The predicted octanol–water partition coefficient (Wildman–Crippen LogP) is 3.49. The minimum Gasteiger partial charge on any atom is -0.370 e. The summed E-state index contributed by atoms with van der Waals surface area (Å²) in [5.74, 6) is -0.290. The van der Waals surface area contributed by atoms with Crippen molar-refractivity contribution in [3.05, 3.63) is 22.7 Å². The second-order valence-corrected chi connectivity index (χ2v) is 6.56. The molecule has 0 bridgehead atoms. The van der Waals surface area contributed by atoms with Gasteiger partial charge in [-0.15, -0.1) is 0 Å². The normalized spacial score (nSPS) is 24.7. The molecule has 21 heavy (non-hydrogen) atoms. The number of Topliss-reactive ketones (excluding diaryl/α,β-unsaturated/α-hetero) is 1. The van der Waals surface area contributed by atoms with Crippen molar-refractivity contribution in [3.63, 3.8) is 0 Å². The molecule has 1 fully saturated rings. The first-order valence-electron chi connectivity index (χ1n) is 7.39. The van der Waals surface area contributed by atoms with E-state index in [0.29, 0.717) is 22.3 Å². The van der Waals surface area contributed by atoms with Gasteiger partial charge in [0.15, 0.2) is 0 Å². The summed E-state index contributed by atoms with van der Waals surface area (Å²) >= 11 is 6.33. The predicted molar refractivity (Wildman–Crippen MR) is 84.2 cm³/mol. The molecule has 1 heterocycles. The van der Waals surface area contributed by atoms with Crippen molar-refractivity contribution in [2.75, 3.05) is 17.3 Å². The number of hydrogen-bond donors (Lipinski definition) is 1. The monoisotopic (exact) mass is 306 g/mol. The maximum absolute atomic E-state index is 11.7. The fourth-order valence-corrected chi connectivity index (χ4v) is 3.55. The standard InChI is InChI=1S/C16H19ClN2O2/c1-9-3-5-10(6-4-9)19(2)14-8-13-11(7-12(14)17)15(20)16(21)18-13/h7-10H,3-6H2,1-2H3,(H,18,20,21). The molecule has 1 aromatic rings. The van der Waals surface area contributed by atoms with E-state index in [9.17, 15) is 9.59 Å². The van der Waals surface area contributed by atoms with Gasteiger partial charge >= 0.3 is 0 Å². The van der Waals surface area contributed by atoms with E-state index >= 15 is 0 Å². The summed E-state index contributed by atoms with van der Waals surface area (Å²) in [6.07, 6.45) is 4.76. The first kappa shape index (κ1) is 14.4. The van der Waals surface area contributed by atoms with Gasteiger partial charge in [-0.05, 0) is 43.7 Å². The van der Waals surface area contributed by atoms with Crippen molar-refractivity contribution >= 4 is 34.7 Å². The lowest BCUT2D eigenvalue weighted by atomic mass is 9.86. The lowest BCUT2D eigenvalue weighted by Crippen LogP contribution is -2.35. The zero-order valence-electron chi connectivity index (χ0n) is 12.3. The van der Waals surface area contributed by atoms with Gasteiger partial charge in [0.05, 0.1) is 22.0 Å². The molecular weight excluding hydrogens is 288 g/mol. The van der Waals surface area contributed by atoms with Gasteiger partial charge in [0.1, 0.15) is 0 Å². The number of anilines is 2. The van der Waals surface area contributed by atoms with E-state index in [1.165, 1.54) is 12.8 Å². The van der Waals surface area contributed by atoms with Crippen molar-refractivity contribution in [1.29, 1.82) is 0 Å². The van der Waals surface area contributed by atoms with Crippen molar-refractivity contribution in [3.8, 4) is 0 Å². The highest BCUT2D eigenvalue weighted by Gasteiger charge is 2.31. The van der Waals surface area contributed by atoms with Crippen molar-refractivity contribution < 1.29 is 9.59 Å². The molecule has 0 saturated heterocycles. The summed E-state index contributed by atoms with van der Waals surface area (Å²) < 4.78 is 0. The zero-order valence-corrected chi connectivity index (χ0v) is 13.0. The number of carbonyl (C=O) groups is 2. The number of benzene rings is 1. The summed E-state index contributed by atoms with van der Waals surface area (Å²) in [7, 11) is 2.03. The largest absolute Gasteiger partial charge is 0.370 e. The molecule has 4 nitrogen and oxygen atoms in total. The van der Waals surface area contributed by atoms with Crippen LogP contribution in [0.2, 0.25) is 5.02 Å². The molecular formula is C16H19ClN2O2. The lowest BCUT2D eigenvalue weighted by molar-refractivity contribution is -0.112. The molecule has 0 atom stereocenters. The van der Waals surface area contributed by atoms with Gasteiger partial charge in [0.25, 0.3) is 11.7 Å². The van der Waals surface area contributed by atoms with Crippen molar-refractivity contribution in [2.45, 2.75) is 38.6 Å². The highest BCUT2D eigenvalue weighted by atomic mass is 35.5. The number of hydrogen-bond acceptors (Lipinski definition) is 3. The summed E-state index contributed by atoms with van der Waals surface area (Å²) in [5, 5.41) is 3.13. The number of carbonyl (C=O) groups excluding carboxylic acids is 2. The molecule has 0 unspecified atom stereocenters. The third kappa shape index (κ3) is 2.53. The number of fused-ring (bicyclic) bond motifs is 1. The SMILES string of the molecule is CC1CCC(N(C)c2cc3c(cc2Cl)C(=O)C(=O)N3)CC1. The summed E-state index contributed by atoms with van der Waals surface area (Å²) in [6.45, 7) is 2.29. The van der Waals surface area contributed by atoms with Gasteiger partial charge in [-0.3, -0.25) is 9.59 Å². The van der Waals surface area contributed by atoms with Crippen LogP contribution in [0, 0.1) is 5.92 Å². The molecule has 1 aromatic carbocycles. The smallest absolute Gasteiger partial charge is 0.296 e. The van der Waals surface area contributed by atoms with Crippen LogP contribution in [0.3, 0.4) is 0 Å². The summed E-state index contributed by atoms with van der Waals surface area (Å²) in [5.41, 5.74) is 1.82. The van der Waals surface area contributed by atoms with Crippen LogP contribution in [-0.2, 0) is 4.79 Å². The maximum atomic E-state index is 11.7. The van der Waals surface area contributed by atoms with Crippen LogP contribution in [-0.4, -0.2) is 24.8 Å². The van der Waals surface area contributed by atoms with Crippen LogP contribution < -0.4 is 10.2 Å². The van der Waals surface area contributed by atoms with Gasteiger partial charge < -0.3 is 10.2 Å². The summed E-state index contributed by atoms with van der Waals surface area (Å²) in [6, 6.07) is 3.89. The van der Waals surface area contributed by atoms with Crippen LogP contribution in [0.25, 0.3) is 0 Å². The molecule has 1 amide bonds. The fourth-order valence-electron chi connectivity index (χ4n) is 3.25. The number of rotatable bonds is 2. The van der Waals surface area contributed by atoms with E-state index in [4.69, 9.17) is 11.6 Å². The van der Waals surface area contributed by atoms with Crippen LogP contribution in [0.5, 0.6) is 0 Å². The van der Waals surface area contributed by atoms with Crippen molar-refractivity contribution in [2.24, 2.45) is 5.92 Å². The molecule has 5 heteroatoms. The van der Waals surface area contributed by atoms with Crippen LogP contribution in [0.4, 0.5) is 11.4 Å². The van der Waals surface area contributed by atoms with E-state index in [-0.39, 0.29) is 0 Å². The van der Waals surface area contributed by atoms with Crippen LogP contribution in [0.1, 0.15) is 43.0 Å². The van der Waals surface area contributed by atoms with Gasteiger partial charge in [0, 0.05) is 13.1 Å². The van der Waals surface area contributed by atoms with Gasteiger partial charge in [-0.1, -0.05) is 18.5 Å². The van der Waals surface area contributed by atoms with E-state index in [1.807, 2.05) is 13.1 Å². The number of amides is 1. The quantitative estimate of drug-likeness (QED) is 0.851. The molecule has 3 rings (SSSR count). The highest BCUT2D eigenvalue weighted by molar-refractivity contribution is 6.52. The maximum Gasteiger partial charge on any atom is 0.296 e. The number of halogens is 1. The first-order valence-corrected chi connectivity index (χ1v) is 7.77. The second kappa shape index (κ2) is 5.34. The number of ketones is 1. The van der Waals surface area contributed by atoms with Crippen LogP contribution in [0.15, 0.2) is 12.1 Å². The Morgan fingerprint density at radius 1 is 1.19 bits per heavy atom. The molecule has 2 aliphatic rings. The minimum atomic E-state index is -0.577. The highest BCUT2D eigenvalue weighted by Crippen LogP contribution is 2.37. The van der Waals surface area contributed by atoms with Crippen LogP contribution >= 0.6 is 11.6 Å². The van der Waals surface area contributed by atoms with E-state index in [2.05, 4.69) is 17.1 Å². The topological polar surface area (TPSA) is 49.4 Å². The van der Waals surface area contributed by atoms with Gasteiger partial charge in [0.2, 0.25) is 0 Å². The van der Waals surface area contributed by atoms with E-state index < -0.39 is 11.7 Å². The average Bonchev–Trinajstić information content (AvgIpc) is 2.73. The Hall–Kier alpha value is -1.55. The Balaban J connectivity index is 1.88. The fraction of sp³-hybridized carbons (Fsp3) is 0.500. The Bertz CT molecular complexity index is 607. The Morgan fingerprint density at radius 3 is 2.52 bits per heavy atom. The number of nitrogens with zero attached hydrogens (tertiary/aromatic N) is 1. The van der Waals surface area contributed by atoms with Crippen molar-refractivity contribution in [1.82, 2.24) is 0 Å². The van der Waals surface area contributed by atoms with E-state index in [1.54, 1.807) is 6.07 Å². The third-order valence-corrected chi connectivity index (χ3v) is 5.00. The second-order valence-electron chi connectivity index (χ2n) is 6.16. The molecule has 0 radical (unpaired) electrons. The van der Waals surface area contributed by atoms with Gasteiger partial charge in [-0.25, -0.2) is 0 Å². The molecule has 1 saturated carbocycles. The summed E-state index contributed by atoms with van der Waals surface area (Å²) in [4.78, 5) is 25.3. The third-order valence-electron chi connectivity index (χ3n) is 4.70. The number of nitrogens with one attached hydrogen (secondary N) is 1. The molecule has 0 spiro atoms. The minimum absolute atomic E-state index is 0.374. The molecule has 1 N–H and O–H groups in total. The average molecular weight is 307 g/mol. The molecule has 0 aromatic heterocycles. The first-order chi connectivity index (χ1) is 9.97. The Labute approximate surface area is 129 Å². The zero-order chi connectivity index (χ0) is 15.1. The Morgan fingerprint density at radius 2 is 1.86 bits per heavy atom. The van der Waals surface area contributed by atoms with E-state index in [0.717, 1.165) is 24.4 Å². The molecule has 1 aliphatic carbocycles. The Kier molecular flexibility index (Phi) is 3.66. The molecule has 1 aliphatic heterocycles. The lowest BCUT2D eigenvalue weighted by Gasteiger charge is -2.35. The van der Waals surface area contributed by atoms with Gasteiger partial charge in [-0.2, -0.15) is 0 Å².